The van der Waals surface area contributed by atoms with Gasteiger partial charge in [0.1, 0.15) is 5.82 Å². The van der Waals surface area contributed by atoms with Gasteiger partial charge in [-0.15, -0.1) is 11.3 Å². The van der Waals surface area contributed by atoms with Crippen LogP contribution in [0.25, 0.3) is 11.6 Å². The maximum absolute atomic E-state index is 5.29. The van der Waals surface area contributed by atoms with Crippen molar-refractivity contribution < 1.29 is 4.42 Å². The summed E-state index contributed by atoms with van der Waals surface area (Å²) in [6, 6.07) is 7.91. The first-order valence-electron chi connectivity index (χ1n) is 8.27. The zero-order chi connectivity index (χ0) is 17.5. The maximum Gasteiger partial charge on any atom is 0.216 e. The van der Waals surface area contributed by atoms with E-state index in [1.165, 1.54) is 9.75 Å². The second-order valence-corrected chi connectivity index (χ2v) is 6.84. The van der Waals surface area contributed by atoms with Gasteiger partial charge in [-0.2, -0.15) is 5.10 Å². The van der Waals surface area contributed by atoms with E-state index in [9.17, 15) is 0 Å². The fraction of sp³-hybridized carbons (Fsp3) is 0.353. The van der Waals surface area contributed by atoms with Gasteiger partial charge in [-0.3, -0.25) is 5.10 Å². The smallest absolute Gasteiger partial charge is 0.216 e. The average Bonchev–Trinajstić information content (AvgIpc) is 3.34. The van der Waals surface area contributed by atoms with Gasteiger partial charge >= 0.3 is 0 Å². The van der Waals surface area contributed by atoms with Crippen LogP contribution in [-0.4, -0.2) is 34.2 Å². The fourth-order valence-corrected chi connectivity index (χ4v) is 3.11. The molecule has 0 radical (unpaired) electrons. The van der Waals surface area contributed by atoms with Gasteiger partial charge in [0.15, 0.2) is 11.7 Å². The summed E-state index contributed by atoms with van der Waals surface area (Å²) in [5.74, 6) is 2.85. The molecule has 3 rings (SSSR count). The molecule has 0 spiro atoms. The molecule has 0 saturated heterocycles. The molecule has 0 aliphatic rings. The molecule has 0 bridgehead atoms. The lowest BCUT2D eigenvalue weighted by Gasteiger charge is -2.10. The minimum absolute atomic E-state index is 0.577. The Morgan fingerprint density at radius 2 is 2.24 bits per heavy atom. The predicted molar refractivity (Wildman–Crippen MR) is 99.7 cm³/mol. The van der Waals surface area contributed by atoms with Gasteiger partial charge < -0.3 is 15.1 Å². The number of guanidine groups is 1. The Bertz CT molecular complexity index is 805. The van der Waals surface area contributed by atoms with E-state index >= 15 is 0 Å². The number of hydrogen-bond donors (Lipinski definition) is 3. The van der Waals surface area contributed by atoms with Crippen LogP contribution in [0.15, 0.2) is 39.9 Å². The number of aromatic amines is 1. The van der Waals surface area contributed by atoms with Crippen LogP contribution in [0.3, 0.4) is 0 Å². The number of rotatable bonds is 7. The summed E-state index contributed by atoms with van der Waals surface area (Å²) >= 11 is 1.78. The Kier molecular flexibility index (Phi) is 5.84. The van der Waals surface area contributed by atoms with Gasteiger partial charge in [-0.1, -0.05) is 0 Å². The highest BCUT2D eigenvalue weighted by molar-refractivity contribution is 7.11. The fourth-order valence-electron chi connectivity index (χ4n) is 2.29. The average molecular weight is 358 g/mol. The van der Waals surface area contributed by atoms with E-state index in [2.05, 4.69) is 56.8 Å². The molecular weight excluding hydrogens is 336 g/mol. The summed E-state index contributed by atoms with van der Waals surface area (Å²) < 4.78 is 5.29. The van der Waals surface area contributed by atoms with Gasteiger partial charge in [0, 0.05) is 29.3 Å². The van der Waals surface area contributed by atoms with Gasteiger partial charge in [0.2, 0.25) is 5.82 Å². The Morgan fingerprint density at radius 3 is 2.96 bits per heavy atom. The second-order valence-electron chi connectivity index (χ2n) is 5.47. The summed E-state index contributed by atoms with van der Waals surface area (Å²) in [6.07, 6.45) is 2.33. The number of aromatic nitrogens is 3. The van der Waals surface area contributed by atoms with Crippen molar-refractivity contribution in [1.29, 1.82) is 0 Å². The van der Waals surface area contributed by atoms with Crippen LogP contribution in [0.1, 0.15) is 22.5 Å². The van der Waals surface area contributed by atoms with E-state index in [1.807, 2.05) is 12.1 Å². The molecule has 0 aliphatic heterocycles. The Labute approximate surface area is 150 Å². The van der Waals surface area contributed by atoms with Gasteiger partial charge in [0.25, 0.3) is 0 Å². The normalized spacial score (nSPS) is 11.7. The molecule has 0 saturated carbocycles. The van der Waals surface area contributed by atoms with E-state index < -0.39 is 0 Å². The summed E-state index contributed by atoms with van der Waals surface area (Å²) in [6.45, 7) is 6.37. The molecule has 132 valence electrons. The van der Waals surface area contributed by atoms with Crippen molar-refractivity contribution in [3.8, 4) is 11.6 Å². The van der Waals surface area contributed by atoms with Crippen molar-refractivity contribution in [2.45, 2.75) is 26.8 Å². The first kappa shape index (κ1) is 17.2. The number of aryl methyl sites for hydroxylation is 1. The third-order valence-corrected chi connectivity index (χ3v) is 4.45. The molecule has 25 heavy (non-hydrogen) atoms. The second kappa shape index (κ2) is 8.48. The van der Waals surface area contributed by atoms with E-state index in [1.54, 1.807) is 17.6 Å². The quantitative estimate of drug-likeness (QED) is 0.446. The molecule has 0 fully saturated rings. The number of aliphatic imine (C=N–C) groups is 1. The Balaban J connectivity index is 1.51. The number of furan rings is 1. The summed E-state index contributed by atoms with van der Waals surface area (Å²) in [4.78, 5) is 11.6. The molecule has 3 aromatic rings. The molecule has 0 amide bonds. The molecule has 3 N–H and O–H groups in total. The number of H-pyrrole nitrogens is 1. The molecule has 0 atom stereocenters. The van der Waals surface area contributed by atoms with E-state index in [-0.39, 0.29) is 0 Å². The Morgan fingerprint density at radius 1 is 1.32 bits per heavy atom. The minimum atomic E-state index is 0.577. The standard InChI is InChI=1S/C17H22N6OS/c1-3-18-17(20-11-13-7-6-12(2)25-13)19-9-8-15-21-16(23-22-15)14-5-4-10-24-14/h4-7,10H,3,8-9,11H2,1-2H3,(H2,18,19,20)(H,21,22,23). The molecule has 7 nitrogen and oxygen atoms in total. The minimum Gasteiger partial charge on any atom is -0.461 e. The van der Waals surface area contributed by atoms with Crippen molar-refractivity contribution in [3.05, 3.63) is 46.1 Å². The zero-order valence-electron chi connectivity index (χ0n) is 14.4. The monoisotopic (exact) mass is 358 g/mol. The molecule has 0 aliphatic carbocycles. The van der Waals surface area contributed by atoms with Gasteiger partial charge in [-0.05, 0) is 38.1 Å². The number of nitrogens with one attached hydrogen (secondary N) is 3. The van der Waals surface area contributed by atoms with E-state index in [4.69, 9.17) is 4.42 Å². The molecular formula is C17H22N6OS. The number of hydrogen-bond acceptors (Lipinski definition) is 5. The lowest BCUT2D eigenvalue weighted by molar-refractivity contribution is 0.577. The summed E-state index contributed by atoms with van der Waals surface area (Å²) in [5.41, 5.74) is 0. The molecule has 8 heteroatoms. The number of nitrogens with zero attached hydrogens (tertiary/aromatic N) is 3. The summed E-state index contributed by atoms with van der Waals surface area (Å²) in [7, 11) is 0. The first-order valence-corrected chi connectivity index (χ1v) is 9.09. The van der Waals surface area contributed by atoms with Crippen LogP contribution in [0, 0.1) is 6.92 Å². The van der Waals surface area contributed by atoms with E-state index in [0.717, 1.165) is 24.7 Å². The van der Waals surface area contributed by atoms with Crippen LogP contribution in [0.2, 0.25) is 0 Å². The SMILES string of the molecule is CCNC(=NCc1ccc(C)s1)NCCc1nc(-c2ccco2)n[nH]1. The predicted octanol–water partition coefficient (Wildman–Crippen LogP) is 2.73. The first-order chi connectivity index (χ1) is 12.2. The molecule has 0 aromatic carbocycles. The summed E-state index contributed by atoms with van der Waals surface area (Å²) in [5, 5.41) is 13.7. The van der Waals surface area contributed by atoms with E-state index in [0.29, 0.717) is 24.7 Å². The molecule has 3 heterocycles. The van der Waals surface area contributed by atoms with Crippen LogP contribution in [0.5, 0.6) is 0 Å². The lowest BCUT2D eigenvalue weighted by Crippen LogP contribution is -2.38. The zero-order valence-corrected chi connectivity index (χ0v) is 15.2. The molecule has 3 aromatic heterocycles. The highest BCUT2D eigenvalue weighted by Crippen LogP contribution is 2.16. The van der Waals surface area contributed by atoms with Crippen molar-refractivity contribution in [3.63, 3.8) is 0 Å². The largest absolute Gasteiger partial charge is 0.461 e. The van der Waals surface area contributed by atoms with Crippen LogP contribution in [0.4, 0.5) is 0 Å². The maximum atomic E-state index is 5.29. The lowest BCUT2D eigenvalue weighted by atomic mass is 10.4. The Hall–Kier alpha value is -2.61. The van der Waals surface area contributed by atoms with Crippen molar-refractivity contribution >= 4 is 17.3 Å². The van der Waals surface area contributed by atoms with Crippen LogP contribution < -0.4 is 10.6 Å². The third kappa shape index (κ3) is 4.93. The van der Waals surface area contributed by atoms with Gasteiger partial charge in [-0.25, -0.2) is 9.98 Å². The molecule has 0 unspecified atom stereocenters. The highest BCUT2D eigenvalue weighted by atomic mass is 32.1. The van der Waals surface area contributed by atoms with Crippen molar-refractivity contribution in [2.75, 3.05) is 13.1 Å². The van der Waals surface area contributed by atoms with Crippen LogP contribution in [-0.2, 0) is 13.0 Å². The topological polar surface area (TPSA) is 91.1 Å². The van der Waals surface area contributed by atoms with Crippen molar-refractivity contribution in [2.24, 2.45) is 4.99 Å². The third-order valence-electron chi connectivity index (χ3n) is 3.46. The van der Waals surface area contributed by atoms with Gasteiger partial charge in [0.05, 0.1) is 12.8 Å². The number of thiophene rings is 1. The van der Waals surface area contributed by atoms with Crippen LogP contribution >= 0.6 is 11.3 Å². The highest BCUT2D eigenvalue weighted by Gasteiger charge is 2.08. The van der Waals surface area contributed by atoms with Crippen molar-refractivity contribution in [1.82, 2.24) is 25.8 Å².